The van der Waals surface area contributed by atoms with Crippen molar-refractivity contribution in [3.63, 3.8) is 0 Å². The van der Waals surface area contributed by atoms with Crippen molar-refractivity contribution in [3.8, 4) is 5.75 Å². The summed E-state index contributed by atoms with van der Waals surface area (Å²) in [5.41, 5.74) is 0.195. The molecule has 1 saturated carbocycles. The Balaban J connectivity index is 2.17. The molecule has 1 aromatic carbocycles. The average Bonchev–Trinajstić information content (AvgIpc) is 2.39. The van der Waals surface area contributed by atoms with Gasteiger partial charge in [0.2, 0.25) is 0 Å². The lowest BCUT2D eigenvalue weighted by Crippen LogP contribution is -2.63. The summed E-state index contributed by atoms with van der Waals surface area (Å²) in [5.74, 6) is 0.694. The van der Waals surface area contributed by atoms with Crippen molar-refractivity contribution < 1.29 is 4.74 Å². The second-order valence-corrected chi connectivity index (χ2v) is 6.04. The fourth-order valence-corrected chi connectivity index (χ4v) is 3.56. The lowest BCUT2D eigenvalue weighted by Gasteiger charge is -2.55. The number of hydrogen-bond acceptors (Lipinski definition) is 2. The van der Waals surface area contributed by atoms with E-state index in [9.17, 15) is 0 Å². The van der Waals surface area contributed by atoms with Gasteiger partial charge in [-0.2, -0.15) is 0 Å². The van der Waals surface area contributed by atoms with E-state index in [0.717, 1.165) is 19.3 Å². The van der Waals surface area contributed by atoms with Gasteiger partial charge >= 0.3 is 0 Å². The largest absolute Gasteiger partial charge is 0.488 e. The first kappa shape index (κ1) is 15.0. The van der Waals surface area contributed by atoms with Gasteiger partial charge in [-0.1, -0.05) is 37.0 Å². The highest BCUT2D eigenvalue weighted by Gasteiger charge is 2.53. The fraction of sp³-hybridized carbons (Fsp3) is 0.600. The highest BCUT2D eigenvalue weighted by atomic mass is 35.5. The quantitative estimate of drug-likeness (QED) is 0.862. The van der Waals surface area contributed by atoms with Crippen molar-refractivity contribution in [2.75, 3.05) is 7.05 Å². The molecule has 0 saturated heterocycles. The summed E-state index contributed by atoms with van der Waals surface area (Å²) in [6.45, 7) is 4.45. The maximum absolute atomic E-state index is 6.17. The van der Waals surface area contributed by atoms with Crippen molar-refractivity contribution in [1.82, 2.24) is 5.32 Å². The Morgan fingerprint density at radius 2 is 2.00 bits per heavy atom. The van der Waals surface area contributed by atoms with Crippen LogP contribution >= 0.6 is 23.2 Å². The molecule has 2 unspecified atom stereocenters. The summed E-state index contributed by atoms with van der Waals surface area (Å²) in [4.78, 5) is 0. The normalized spacial score (nSPS) is 24.9. The number of nitrogens with one attached hydrogen (secondary N) is 1. The lowest BCUT2D eigenvalue weighted by molar-refractivity contribution is -0.0835. The highest BCUT2D eigenvalue weighted by Crippen LogP contribution is 2.49. The second kappa shape index (κ2) is 5.90. The predicted octanol–water partition coefficient (Wildman–Crippen LogP) is 4.54. The van der Waals surface area contributed by atoms with Gasteiger partial charge < -0.3 is 10.1 Å². The average molecular weight is 302 g/mol. The summed E-state index contributed by atoms with van der Waals surface area (Å²) >= 11 is 12.2. The highest BCUT2D eigenvalue weighted by molar-refractivity contribution is 6.34. The van der Waals surface area contributed by atoms with Gasteiger partial charge in [-0.15, -0.1) is 0 Å². The lowest BCUT2D eigenvalue weighted by atomic mass is 9.58. The van der Waals surface area contributed by atoms with Crippen molar-refractivity contribution in [3.05, 3.63) is 28.2 Å². The van der Waals surface area contributed by atoms with Gasteiger partial charge in [0.1, 0.15) is 11.9 Å². The predicted molar refractivity (Wildman–Crippen MR) is 81.4 cm³/mol. The van der Waals surface area contributed by atoms with E-state index in [4.69, 9.17) is 27.9 Å². The molecule has 1 aliphatic rings. The third kappa shape index (κ3) is 2.58. The maximum Gasteiger partial charge on any atom is 0.139 e. The molecular weight excluding hydrogens is 281 g/mol. The number of benzene rings is 1. The topological polar surface area (TPSA) is 21.3 Å². The van der Waals surface area contributed by atoms with E-state index >= 15 is 0 Å². The molecule has 4 heteroatoms. The Hall–Kier alpha value is -0.440. The number of rotatable bonds is 5. The first-order valence-corrected chi connectivity index (χ1v) is 7.62. The minimum atomic E-state index is 0.195. The van der Waals surface area contributed by atoms with E-state index in [1.54, 1.807) is 18.2 Å². The Labute approximate surface area is 125 Å². The summed E-state index contributed by atoms with van der Waals surface area (Å²) in [5, 5.41) is 4.68. The molecule has 0 radical (unpaired) electrons. The Bertz CT molecular complexity index is 446. The van der Waals surface area contributed by atoms with E-state index in [2.05, 4.69) is 19.2 Å². The molecule has 2 rings (SSSR count). The van der Waals surface area contributed by atoms with Crippen LogP contribution in [0.15, 0.2) is 18.2 Å². The maximum atomic E-state index is 6.17. The van der Waals surface area contributed by atoms with Crippen molar-refractivity contribution >= 4 is 23.2 Å². The molecule has 2 atom stereocenters. The molecule has 0 aliphatic heterocycles. The van der Waals surface area contributed by atoms with Crippen LogP contribution in [0.3, 0.4) is 0 Å². The van der Waals surface area contributed by atoms with Crippen LogP contribution in [0.5, 0.6) is 5.75 Å². The Morgan fingerprint density at radius 3 is 2.58 bits per heavy atom. The molecule has 2 nitrogen and oxygen atoms in total. The van der Waals surface area contributed by atoms with Gasteiger partial charge in [-0.05, 0) is 32.0 Å². The monoisotopic (exact) mass is 301 g/mol. The molecule has 0 aromatic heterocycles. The van der Waals surface area contributed by atoms with E-state index < -0.39 is 0 Å². The molecule has 1 N–H and O–H groups in total. The molecular formula is C15H21Cl2NO. The molecule has 1 fully saturated rings. The van der Waals surface area contributed by atoms with E-state index in [0.29, 0.717) is 21.8 Å². The Kier molecular flexibility index (Phi) is 4.65. The van der Waals surface area contributed by atoms with E-state index in [1.807, 2.05) is 7.05 Å². The third-order valence-corrected chi connectivity index (χ3v) is 5.16. The van der Waals surface area contributed by atoms with Crippen molar-refractivity contribution in [2.24, 2.45) is 5.41 Å². The van der Waals surface area contributed by atoms with E-state index in [-0.39, 0.29) is 11.5 Å². The summed E-state index contributed by atoms with van der Waals surface area (Å²) in [7, 11) is 2.02. The molecule has 19 heavy (non-hydrogen) atoms. The molecule has 106 valence electrons. The first-order chi connectivity index (χ1) is 9.07. The number of ether oxygens (including phenoxy) is 1. The summed E-state index contributed by atoms with van der Waals surface area (Å²) < 4.78 is 6.14. The van der Waals surface area contributed by atoms with Gasteiger partial charge in [0, 0.05) is 29.0 Å². The smallest absolute Gasteiger partial charge is 0.139 e. The summed E-state index contributed by atoms with van der Waals surface area (Å²) in [6, 6.07) is 5.88. The van der Waals surface area contributed by atoms with Gasteiger partial charge in [0.25, 0.3) is 0 Å². The molecule has 1 aliphatic carbocycles. The molecule has 1 aromatic rings. The molecule has 0 heterocycles. The van der Waals surface area contributed by atoms with Gasteiger partial charge in [-0.3, -0.25) is 0 Å². The first-order valence-electron chi connectivity index (χ1n) is 6.86. The minimum Gasteiger partial charge on any atom is -0.488 e. The van der Waals surface area contributed by atoms with Crippen LogP contribution in [0.25, 0.3) is 0 Å². The Morgan fingerprint density at radius 1 is 1.32 bits per heavy atom. The van der Waals surface area contributed by atoms with Crippen LogP contribution < -0.4 is 10.1 Å². The van der Waals surface area contributed by atoms with E-state index in [1.165, 1.54) is 0 Å². The van der Waals surface area contributed by atoms with Crippen molar-refractivity contribution in [1.29, 1.82) is 0 Å². The summed E-state index contributed by atoms with van der Waals surface area (Å²) in [6.07, 6.45) is 3.41. The zero-order valence-electron chi connectivity index (χ0n) is 11.7. The van der Waals surface area contributed by atoms with Crippen LogP contribution in [0.4, 0.5) is 0 Å². The number of halogens is 2. The molecule has 0 spiro atoms. The number of hydrogen-bond donors (Lipinski definition) is 1. The van der Waals surface area contributed by atoms with Crippen LogP contribution in [0.1, 0.15) is 33.1 Å². The molecule has 0 amide bonds. The fourth-order valence-electron chi connectivity index (χ4n) is 3.24. The van der Waals surface area contributed by atoms with Gasteiger partial charge in [0.15, 0.2) is 0 Å². The van der Waals surface area contributed by atoms with Crippen molar-refractivity contribution in [2.45, 2.75) is 45.3 Å². The van der Waals surface area contributed by atoms with Gasteiger partial charge in [0.05, 0.1) is 5.02 Å². The zero-order chi connectivity index (χ0) is 14.0. The zero-order valence-corrected chi connectivity index (χ0v) is 13.2. The SMILES string of the molecule is CCC1(CC)C(NC)CC1Oc1cc(Cl)ccc1Cl. The molecule has 0 bridgehead atoms. The van der Waals surface area contributed by atoms with Crippen LogP contribution in [-0.2, 0) is 0 Å². The van der Waals surface area contributed by atoms with Crippen LogP contribution in [0, 0.1) is 5.41 Å². The standard InChI is InChI=1S/C15H21Cl2NO/c1-4-15(5-2)13(18-3)9-14(15)19-12-8-10(16)6-7-11(12)17/h6-8,13-14,18H,4-5,9H2,1-3H3. The van der Waals surface area contributed by atoms with Crippen LogP contribution in [-0.4, -0.2) is 19.2 Å². The van der Waals surface area contributed by atoms with Gasteiger partial charge in [-0.25, -0.2) is 0 Å². The van der Waals surface area contributed by atoms with Crippen LogP contribution in [0.2, 0.25) is 10.0 Å². The second-order valence-electron chi connectivity index (χ2n) is 5.20. The minimum absolute atomic E-state index is 0.195. The third-order valence-electron chi connectivity index (χ3n) is 4.61.